The van der Waals surface area contributed by atoms with Crippen LogP contribution in [0.5, 0.6) is 0 Å². The maximum atomic E-state index is 12.7. The summed E-state index contributed by atoms with van der Waals surface area (Å²) in [7, 11) is 0. The third-order valence-electron chi connectivity index (χ3n) is 5.21. The topological polar surface area (TPSA) is 37.4 Å². The Hall–Kier alpha value is -1.90. The van der Waals surface area contributed by atoms with Crippen molar-refractivity contribution in [2.75, 3.05) is 4.90 Å². The second kappa shape index (κ2) is 4.55. The number of anilines is 1. The molecule has 1 saturated heterocycles. The van der Waals surface area contributed by atoms with Crippen LogP contribution in [0.4, 0.5) is 5.69 Å². The molecule has 0 N–H and O–H groups in total. The Bertz CT molecular complexity index is 661. The van der Waals surface area contributed by atoms with E-state index in [9.17, 15) is 9.59 Å². The lowest BCUT2D eigenvalue weighted by molar-refractivity contribution is -0.122. The lowest BCUT2D eigenvalue weighted by atomic mass is 9.78. The number of rotatable bonds is 1. The summed E-state index contributed by atoms with van der Waals surface area (Å²) in [6.07, 6.45) is 8.16. The molecule has 0 spiro atoms. The predicted molar refractivity (Wildman–Crippen MR) is 80.9 cm³/mol. The molecule has 3 atom stereocenters. The minimum Gasteiger partial charge on any atom is -0.274 e. The first-order valence-corrected chi connectivity index (χ1v) is 7.83. The van der Waals surface area contributed by atoms with Crippen LogP contribution in [0.15, 0.2) is 30.4 Å². The first-order chi connectivity index (χ1) is 10.2. The highest BCUT2D eigenvalue weighted by molar-refractivity contribution is 6.22. The molecule has 3 heteroatoms. The first-order valence-electron chi connectivity index (χ1n) is 7.83. The standard InChI is InChI=1S/C18H19NO2/c1-11-4-2-7-15-16(11)18(21)19(17(15)20)14-9-8-12-5-3-6-13(12)10-14/h2,4,8-11,15-16H,3,5-7H2,1H3. The molecule has 3 unspecified atom stereocenters. The fourth-order valence-corrected chi connectivity index (χ4v) is 4.10. The second-order valence-corrected chi connectivity index (χ2v) is 6.47. The zero-order chi connectivity index (χ0) is 14.6. The molecule has 0 bridgehead atoms. The minimum absolute atomic E-state index is 0.0141. The van der Waals surface area contributed by atoms with Crippen LogP contribution in [0.2, 0.25) is 0 Å². The van der Waals surface area contributed by atoms with Gasteiger partial charge in [0.15, 0.2) is 0 Å². The molecule has 1 fully saturated rings. The number of carbonyl (C=O) groups excluding carboxylic acids is 2. The Morgan fingerprint density at radius 1 is 1.10 bits per heavy atom. The summed E-state index contributed by atoms with van der Waals surface area (Å²) in [6.45, 7) is 2.03. The van der Waals surface area contributed by atoms with Gasteiger partial charge in [0.1, 0.15) is 0 Å². The summed E-state index contributed by atoms with van der Waals surface area (Å²) in [4.78, 5) is 26.8. The fourth-order valence-electron chi connectivity index (χ4n) is 4.10. The van der Waals surface area contributed by atoms with Gasteiger partial charge in [0.05, 0.1) is 17.5 Å². The molecule has 1 heterocycles. The zero-order valence-corrected chi connectivity index (χ0v) is 12.2. The summed E-state index contributed by atoms with van der Waals surface area (Å²) in [5, 5.41) is 0. The molecule has 3 aliphatic rings. The van der Waals surface area contributed by atoms with E-state index in [2.05, 4.69) is 12.1 Å². The van der Waals surface area contributed by atoms with Crippen LogP contribution in [0.1, 0.15) is 30.9 Å². The summed E-state index contributed by atoms with van der Waals surface area (Å²) in [5.74, 6) is -0.208. The molecule has 4 rings (SSSR count). The summed E-state index contributed by atoms with van der Waals surface area (Å²) >= 11 is 0. The molecule has 1 aromatic rings. The molecular weight excluding hydrogens is 262 g/mol. The number of fused-ring (bicyclic) bond motifs is 2. The third-order valence-corrected chi connectivity index (χ3v) is 5.21. The molecule has 2 aliphatic carbocycles. The van der Waals surface area contributed by atoms with Gasteiger partial charge in [0.25, 0.3) is 0 Å². The van der Waals surface area contributed by atoms with Crippen molar-refractivity contribution in [1.29, 1.82) is 0 Å². The molecular formula is C18H19NO2. The molecule has 0 radical (unpaired) electrons. The maximum Gasteiger partial charge on any atom is 0.238 e. The smallest absolute Gasteiger partial charge is 0.238 e. The predicted octanol–water partition coefficient (Wildman–Crippen LogP) is 2.88. The third kappa shape index (κ3) is 1.80. The average Bonchev–Trinajstić information content (AvgIpc) is 3.03. The Morgan fingerprint density at radius 2 is 1.90 bits per heavy atom. The van der Waals surface area contributed by atoms with Gasteiger partial charge in [-0.15, -0.1) is 0 Å². The number of hydrogen-bond acceptors (Lipinski definition) is 2. The van der Waals surface area contributed by atoms with Crippen molar-refractivity contribution in [3.8, 4) is 0 Å². The molecule has 0 saturated carbocycles. The largest absolute Gasteiger partial charge is 0.274 e. The molecule has 1 aromatic carbocycles. The number of imide groups is 1. The van der Waals surface area contributed by atoms with E-state index < -0.39 is 0 Å². The van der Waals surface area contributed by atoms with Gasteiger partial charge in [0.2, 0.25) is 11.8 Å². The lowest BCUT2D eigenvalue weighted by Crippen LogP contribution is -2.31. The highest BCUT2D eigenvalue weighted by atomic mass is 16.2. The molecule has 3 nitrogen and oxygen atoms in total. The van der Waals surface area contributed by atoms with Crippen LogP contribution in [-0.4, -0.2) is 11.8 Å². The number of aryl methyl sites for hydroxylation is 2. The van der Waals surface area contributed by atoms with Gasteiger partial charge >= 0.3 is 0 Å². The number of allylic oxidation sites excluding steroid dienone is 2. The number of amides is 2. The van der Waals surface area contributed by atoms with Crippen molar-refractivity contribution in [1.82, 2.24) is 0 Å². The van der Waals surface area contributed by atoms with Crippen LogP contribution >= 0.6 is 0 Å². The maximum absolute atomic E-state index is 12.7. The number of hydrogen-bond donors (Lipinski definition) is 0. The lowest BCUT2D eigenvalue weighted by Gasteiger charge is -2.22. The first kappa shape index (κ1) is 12.8. The van der Waals surface area contributed by atoms with E-state index in [0.717, 1.165) is 18.5 Å². The normalized spacial score (nSPS) is 30.7. The van der Waals surface area contributed by atoms with Gasteiger partial charge in [-0.25, -0.2) is 0 Å². The fraction of sp³-hybridized carbons (Fsp3) is 0.444. The van der Waals surface area contributed by atoms with E-state index >= 15 is 0 Å². The van der Waals surface area contributed by atoms with E-state index in [1.54, 1.807) is 0 Å². The Labute approximate surface area is 124 Å². The second-order valence-electron chi connectivity index (χ2n) is 6.47. The van der Waals surface area contributed by atoms with E-state index in [4.69, 9.17) is 0 Å². The van der Waals surface area contributed by atoms with Crippen LogP contribution in [0.25, 0.3) is 0 Å². The van der Waals surface area contributed by atoms with Gasteiger partial charge in [-0.1, -0.05) is 25.1 Å². The summed E-state index contributed by atoms with van der Waals surface area (Å²) in [6, 6.07) is 6.07. The Morgan fingerprint density at radius 3 is 2.71 bits per heavy atom. The minimum atomic E-state index is -0.171. The van der Waals surface area contributed by atoms with Gasteiger partial charge in [0, 0.05) is 0 Å². The SMILES string of the molecule is CC1C=CCC2C(=O)N(c3ccc4c(c3)CCC4)C(=O)C12. The zero-order valence-electron chi connectivity index (χ0n) is 12.2. The van der Waals surface area contributed by atoms with Gasteiger partial charge in [-0.05, 0) is 54.9 Å². The van der Waals surface area contributed by atoms with Crippen molar-refractivity contribution in [3.05, 3.63) is 41.5 Å². The molecule has 21 heavy (non-hydrogen) atoms. The Balaban J connectivity index is 1.73. The molecule has 0 aromatic heterocycles. The van der Waals surface area contributed by atoms with Gasteiger partial charge in [-0.2, -0.15) is 0 Å². The molecule has 108 valence electrons. The number of carbonyl (C=O) groups is 2. The monoisotopic (exact) mass is 281 g/mol. The van der Waals surface area contributed by atoms with Crippen LogP contribution < -0.4 is 4.90 Å². The van der Waals surface area contributed by atoms with Gasteiger partial charge in [-0.3, -0.25) is 14.5 Å². The Kier molecular flexibility index (Phi) is 2.78. The van der Waals surface area contributed by atoms with Crippen molar-refractivity contribution in [3.63, 3.8) is 0 Å². The quantitative estimate of drug-likeness (QED) is 0.586. The van der Waals surface area contributed by atoms with Crippen LogP contribution in [-0.2, 0) is 22.4 Å². The van der Waals surface area contributed by atoms with Crippen molar-refractivity contribution >= 4 is 17.5 Å². The summed E-state index contributed by atoms with van der Waals surface area (Å²) < 4.78 is 0. The van der Waals surface area contributed by atoms with Gasteiger partial charge < -0.3 is 0 Å². The summed E-state index contributed by atoms with van der Waals surface area (Å²) in [5.41, 5.74) is 3.44. The van der Waals surface area contributed by atoms with Crippen LogP contribution in [0, 0.1) is 17.8 Å². The highest BCUT2D eigenvalue weighted by Crippen LogP contribution is 2.41. The highest BCUT2D eigenvalue weighted by Gasteiger charge is 2.50. The van der Waals surface area contributed by atoms with Crippen LogP contribution in [0.3, 0.4) is 0 Å². The van der Waals surface area contributed by atoms with Crippen molar-refractivity contribution in [2.24, 2.45) is 17.8 Å². The number of benzene rings is 1. The van der Waals surface area contributed by atoms with E-state index in [1.807, 2.05) is 25.1 Å². The number of nitrogens with zero attached hydrogens (tertiary/aromatic N) is 1. The van der Waals surface area contributed by atoms with Crippen molar-refractivity contribution < 1.29 is 9.59 Å². The average molecular weight is 281 g/mol. The molecule has 2 amide bonds. The molecule has 1 aliphatic heterocycles. The van der Waals surface area contributed by atoms with E-state index in [0.29, 0.717) is 6.42 Å². The van der Waals surface area contributed by atoms with E-state index in [-0.39, 0.29) is 29.6 Å². The van der Waals surface area contributed by atoms with E-state index in [1.165, 1.54) is 22.4 Å². The van der Waals surface area contributed by atoms with Crippen molar-refractivity contribution in [2.45, 2.75) is 32.6 Å².